The normalized spacial score (nSPS) is 9.92. The number of carbonyl (C=O) groups is 3. The first-order valence-electron chi connectivity index (χ1n) is 7.81. The number of ether oxygens (including phenoxy) is 3. The molecule has 7 heteroatoms. The number of hydrogen-bond acceptors (Lipinski definition) is 6. The Hall–Kier alpha value is -3.35. The summed E-state index contributed by atoms with van der Waals surface area (Å²) >= 11 is 0. The highest BCUT2D eigenvalue weighted by molar-refractivity contribution is 5.94. The van der Waals surface area contributed by atoms with Crippen LogP contribution in [-0.2, 0) is 14.3 Å². The van der Waals surface area contributed by atoms with Crippen molar-refractivity contribution in [2.45, 2.75) is 6.92 Å². The Morgan fingerprint density at radius 1 is 0.962 bits per heavy atom. The van der Waals surface area contributed by atoms with E-state index in [1.807, 2.05) is 0 Å². The van der Waals surface area contributed by atoms with E-state index in [0.717, 1.165) is 0 Å². The number of esters is 1. The van der Waals surface area contributed by atoms with Crippen molar-refractivity contribution in [3.8, 4) is 11.5 Å². The summed E-state index contributed by atoms with van der Waals surface area (Å²) in [5, 5.41) is 2.59. The summed E-state index contributed by atoms with van der Waals surface area (Å²) in [4.78, 5) is 34.6. The molecule has 7 nitrogen and oxygen atoms in total. The Morgan fingerprint density at radius 2 is 1.69 bits per heavy atom. The van der Waals surface area contributed by atoms with Gasteiger partial charge >= 0.3 is 5.97 Å². The Labute approximate surface area is 150 Å². The van der Waals surface area contributed by atoms with Gasteiger partial charge in [0.1, 0.15) is 11.5 Å². The first kappa shape index (κ1) is 19.0. The molecule has 0 radical (unpaired) electrons. The minimum Gasteiger partial charge on any atom is -0.497 e. The SMILES string of the molecule is COc1cccc(NC(=O)COC(=O)COc2ccc(C(C)=O)cc2)c1. The van der Waals surface area contributed by atoms with E-state index < -0.39 is 18.5 Å². The topological polar surface area (TPSA) is 90.9 Å². The van der Waals surface area contributed by atoms with Gasteiger partial charge in [0.05, 0.1) is 7.11 Å². The lowest BCUT2D eigenvalue weighted by Crippen LogP contribution is -2.23. The minimum absolute atomic E-state index is 0.0574. The molecular formula is C19H19NO6. The molecule has 0 aliphatic rings. The van der Waals surface area contributed by atoms with E-state index in [1.54, 1.807) is 48.5 Å². The van der Waals surface area contributed by atoms with E-state index in [1.165, 1.54) is 14.0 Å². The Kier molecular flexibility index (Phi) is 6.73. The van der Waals surface area contributed by atoms with Crippen molar-refractivity contribution in [2.24, 2.45) is 0 Å². The molecule has 0 aromatic heterocycles. The predicted molar refractivity (Wildman–Crippen MR) is 94.5 cm³/mol. The number of Topliss-reactive ketones (excluding diaryl/α,β-unsaturated/α-hetero) is 1. The summed E-state index contributed by atoms with van der Waals surface area (Å²) < 4.78 is 15.2. The molecule has 0 bridgehead atoms. The van der Waals surface area contributed by atoms with Gasteiger partial charge < -0.3 is 19.5 Å². The summed E-state index contributed by atoms with van der Waals surface area (Å²) in [6.45, 7) is 0.693. The number of rotatable bonds is 8. The van der Waals surface area contributed by atoms with Gasteiger partial charge in [0, 0.05) is 17.3 Å². The maximum atomic E-state index is 11.8. The molecule has 136 valence electrons. The number of nitrogens with one attached hydrogen (secondary N) is 1. The smallest absolute Gasteiger partial charge is 0.344 e. The summed E-state index contributed by atoms with van der Waals surface area (Å²) in [6, 6.07) is 13.2. The number of carbonyl (C=O) groups excluding carboxylic acids is 3. The van der Waals surface area contributed by atoms with Gasteiger partial charge in [-0.1, -0.05) is 6.07 Å². The zero-order chi connectivity index (χ0) is 18.9. The van der Waals surface area contributed by atoms with Gasteiger partial charge in [0.15, 0.2) is 19.0 Å². The first-order chi connectivity index (χ1) is 12.5. The van der Waals surface area contributed by atoms with Crippen molar-refractivity contribution in [1.29, 1.82) is 0 Å². The fourth-order valence-electron chi connectivity index (χ4n) is 2.01. The molecule has 26 heavy (non-hydrogen) atoms. The molecule has 1 N–H and O–H groups in total. The van der Waals surface area contributed by atoms with Gasteiger partial charge in [-0.2, -0.15) is 0 Å². The van der Waals surface area contributed by atoms with E-state index >= 15 is 0 Å². The van der Waals surface area contributed by atoms with Crippen LogP contribution in [0.4, 0.5) is 5.69 Å². The second-order valence-corrected chi connectivity index (χ2v) is 5.31. The number of anilines is 1. The standard InChI is InChI=1S/C19H19NO6/c1-13(21)14-6-8-16(9-7-14)25-12-19(23)26-11-18(22)20-15-4-3-5-17(10-15)24-2/h3-10H,11-12H2,1-2H3,(H,20,22). The third-order valence-corrected chi connectivity index (χ3v) is 3.34. The van der Waals surface area contributed by atoms with Crippen LogP contribution < -0.4 is 14.8 Å². The summed E-state index contributed by atoms with van der Waals surface area (Å²) in [5.74, 6) is -0.186. The number of hydrogen-bond donors (Lipinski definition) is 1. The summed E-state index contributed by atoms with van der Waals surface area (Å²) in [5.41, 5.74) is 1.08. The van der Waals surface area contributed by atoms with Crippen LogP contribution in [0, 0.1) is 0 Å². The quantitative estimate of drug-likeness (QED) is 0.576. The van der Waals surface area contributed by atoms with Crippen molar-refractivity contribution in [1.82, 2.24) is 0 Å². The van der Waals surface area contributed by atoms with Crippen LogP contribution in [0.1, 0.15) is 17.3 Å². The van der Waals surface area contributed by atoms with Crippen LogP contribution in [-0.4, -0.2) is 38.0 Å². The fourth-order valence-corrected chi connectivity index (χ4v) is 2.01. The number of amides is 1. The lowest BCUT2D eigenvalue weighted by molar-refractivity contribution is -0.149. The van der Waals surface area contributed by atoms with Crippen molar-refractivity contribution in [3.63, 3.8) is 0 Å². The number of methoxy groups -OCH3 is 1. The molecule has 0 saturated carbocycles. The Bertz CT molecular complexity index is 785. The monoisotopic (exact) mass is 357 g/mol. The van der Waals surface area contributed by atoms with Crippen LogP contribution in [0.2, 0.25) is 0 Å². The van der Waals surface area contributed by atoms with Gasteiger partial charge in [-0.05, 0) is 43.3 Å². The van der Waals surface area contributed by atoms with E-state index in [0.29, 0.717) is 22.7 Å². The minimum atomic E-state index is -0.679. The predicted octanol–water partition coefficient (Wildman–Crippen LogP) is 2.46. The zero-order valence-corrected chi connectivity index (χ0v) is 14.5. The van der Waals surface area contributed by atoms with Crippen LogP contribution in [0.3, 0.4) is 0 Å². The van der Waals surface area contributed by atoms with Crippen molar-refractivity contribution >= 4 is 23.3 Å². The van der Waals surface area contributed by atoms with E-state index in [2.05, 4.69) is 5.32 Å². The van der Waals surface area contributed by atoms with Gasteiger partial charge in [-0.15, -0.1) is 0 Å². The lowest BCUT2D eigenvalue weighted by Gasteiger charge is -2.09. The third kappa shape index (κ3) is 5.94. The maximum absolute atomic E-state index is 11.8. The molecule has 0 aliphatic carbocycles. The molecular weight excluding hydrogens is 338 g/mol. The van der Waals surface area contributed by atoms with E-state index in [4.69, 9.17) is 14.2 Å². The average Bonchev–Trinajstić information content (AvgIpc) is 2.65. The molecule has 2 aromatic carbocycles. The first-order valence-corrected chi connectivity index (χ1v) is 7.81. The summed E-state index contributed by atoms with van der Waals surface area (Å²) in [6.07, 6.45) is 0. The van der Waals surface area contributed by atoms with Gasteiger partial charge in [0.2, 0.25) is 0 Å². The summed E-state index contributed by atoms with van der Waals surface area (Å²) in [7, 11) is 1.52. The Balaban J connectivity index is 1.73. The van der Waals surface area contributed by atoms with Gasteiger partial charge in [0.25, 0.3) is 5.91 Å². The lowest BCUT2D eigenvalue weighted by atomic mass is 10.1. The molecule has 0 fully saturated rings. The molecule has 0 saturated heterocycles. The number of ketones is 1. The van der Waals surface area contributed by atoms with Crippen molar-refractivity contribution in [2.75, 3.05) is 25.6 Å². The largest absolute Gasteiger partial charge is 0.497 e. The highest BCUT2D eigenvalue weighted by atomic mass is 16.6. The molecule has 2 rings (SSSR count). The molecule has 0 aliphatic heterocycles. The molecule has 0 unspecified atom stereocenters. The van der Waals surface area contributed by atoms with Crippen molar-refractivity contribution < 1.29 is 28.6 Å². The van der Waals surface area contributed by atoms with Crippen LogP contribution in [0.5, 0.6) is 11.5 Å². The van der Waals surface area contributed by atoms with E-state index in [-0.39, 0.29) is 12.4 Å². The molecule has 0 atom stereocenters. The average molecular weight is 357 g/mol. The van der Waals surface area contributed by atoms with E-state index in [9.17, 15) is 14.4 Å². The maximum Gasteiger partial charge on any atom is 0.344 e. The number of benzene rings is 2. The highest BCUT2D eigenvalue weighted by Gasteiger charge is 2.09. The van der Waals surface area contributed by atoms with Crippen LogP contribution in [0.15, 0.2) is 48.5 Å². The molecule has 2 aromatic rings. The molecule has 0 heterocycles. The fraction of sp³-hybridized carbons (Fsp3) is 0.211. The van der Waals surface area contributed by atoms with Gasteiger partial charge in [-0.25, -0.2) is 4.79 Å². The second-order valence-electron chi connectivity index (χ2n) is 5.31. The van der Waals surface area contributed by atoms with Gasteiger partial charge in [-0.3, -0.25) is 9.59 Å². The highest BCUT2D eigenvalue weighted by Crippen LogP contribution is 2.16. The van der Waals surface area contributed by atoms with Crippen LogP contribution >= 0.6 is 0 Å². The van der Waals surface area contributed by atoms with Crippen molar-refractivity contribution in [3.05, 3.63) is 54.1 Å². The molecule has 1 amide bonds. The van der Waals surface area contributed by atoms with Crippen LogP contribution in [0.25, 0.3) is 0 Å². The molecule has 0 spiro atoms. The third-order valence-electron chi connectivity index (χ3n) is 3.34. The Morgan fingerprint density at radius 3 is 2.35 bits per heavy atom. The zero-order valence-electron chi connectivity index (χ0n) is 14.5. The second kappa shape index (κ2) is 9.22.